The van der Waals surface area contributed by atoms with Gasteiger partial charge in [0.15, 0.2) is 0 Å². The van der Waals surface area contributed by atoms with Crippen molar-refractivity contribution in [2.75, 3.05) is 43.4 Å². The Kier molecular flexibility index (Phi) is 3.78. The average Bonchev–Trinajstić information content (AvgIpc) is 3.22. The minimum absolute atomic E-state index is 0.555. The Labute approximate surface area is 121 Å². The van der Waals surface area contributed by atoms with E-state index in [1.165, 1.54) is 19.4 Å². The van der Waals surface area contributed by atoms with Crippen LogP contribution in [-0.4, -0.2) is 47.6 Å². The maximum absolute atomic E-state index is 5.94. The van der Waals surface area contributed by atoms with Crippen molar-refractivity contribution in [1.82, 2.24) is 14.9 Å². The standard InChI is InChI=1S/C15H25N5/c1-11(2)10-19-5-7-20(8-6-19)14-9-13(16)17-15(18-14)12-3-4-12/h9,11-12H,3-8,10H2,1-2H3,(H2,16,17,18). The van der Waals surface area contributed by atoms with Gasteiger partial charge in [-0.3, -0.25) is 4.90 Å². The molecule has 2 heterocycles. The highest BCUT2D eigenvalue weighted by Gasteiger charge is 2.28. The van der Waals surface area contributed by atoms with Crippen molar-refractivity contribution in [3.8, 4) is 0 Å². The number of nitrogen functional groups attached to an aromatic ring is 1. The van der Waals surface area contributed by atoms with Gasteiger partial charge in [0.1, 0.15) is 17.5 Å². The number of aromatic nitrogens is 2. The fourth-order valence-corrected chi connectivity index (χ4v) is 2.83. The molecule has 110 valence electrons. The summed E-state index contributed by atoms with van der Waals surface area (Å²) >= 11 is 0. The lowest BCUT2D eigenvalue weighted by molar-refractivity contribution is 0.231. The van der Waals surface area contributed by atoms with E-state index in [0.717, 1.165) is 43.7 Å². The Morgan fingerprint density at radius 3 is 2.50 bits per heavy atom. The molecule has 2 aliphatic rings. The normalized spacial score (nSPS) is 20.6. The van der Waals surface area contributed by atoms with Gasteiger partial charge in [-0.15, -0.1) is 0 Å². The molecule has 0 radical (unpaired) electrons. The molecule has 5 nitrogen and oxygen atoms in total. The topological polar surface area (TPSA) is 58.3 Å². The van der Waals surface area contributed by atoms with Gasteiger partial charge < -0.3 is 10.6 Å². The minimum Gasteiger partial charge on any atom is -0.384 e. The molecule has 20 heavy (non-hydrogen) atoms. The van der Waals surface area contributed by atoms with Crippen molar-refractivity contribution in [3.63, 3.8) is 0 Å². The summed E-state index contributed by atoms with van der Waals surface area (Å²) in [5.74, 6) is 3.87. The smallest absolute Gasteiger partial charge is 0.136 e. The first-order valence-electron chi connectivity index (χ1n) is 7.73. The Morgan fingerprint density at radius 2 is 1.90 bits per heavy atom. The van der Waals surface area contributed by atoms with E-state index in [-0.39, 0.29) is 0 Å². The molecule has 3 rings (SSSR count). The van der Waals surface area contributed by atoms with Crippen molar-refractivity contribution in [1.29, 1.82) is 0 Å². The second-order valence-corrected chi connectivity index (χ2v) is 6.46. The summed E-state index contributed by atoms with van der Waals surface area (Å²) in [6.45, 7) is 10.0. The maximum Gasteiger partial charge on any atom is 0.136 e. The van der Waals surface area contributed by atoms with Crippen LogP contribution in [0.25, 0.3) is 0 Å². The Hall–Kier alpha value is -1.36. The first-order valence-corrected chi connectivity index (χ1v) is 7.73. The Bertz CT molecular complexity index is 461. The predicted molar refractivity (Wildman–Crippen MR) is 81.9 cm³/mol. The van der Waals surface area contributed by atoms with Gasteiger partial charge in [-0.1, -0.05) is 13.8 Å². The van der Waals surface area contributed by atoms with E-state index in [4.69, 9.17) is 10.7 Å². The molecule has 1 saturated carbocycles. The van der Waals surface area contributed by atoms with Gasteiger partial charge in [0, 0.05) is 44.7 Å². The van der Waals surface area contributed by atoms with E-state index in [9.17, 15) is 0 Å². The second kappa shape index (κ2) is 5.56. The first kappa shape index (κ1) is 13.6. The molecular formula is C15H25N5. The minimum atomic E-state index is 0.555. The molecule has 2 fully saturated rings. The van der Waals surface area contributed by atoms with Gasteiger partial charge in [-0.2, -0.15) is 0 Å². The molecule has 1 aliphatic heterocycles. The van der Waals surface area contributed by atoms with Gasteiger partial charge in [0.25, 0.3) is 0 Å². The fourth-order valence-electron chi connectivity index (χ4n) is 2.83. The highest BCUT2D eigenvalue weighted by Crippen LogP contribution is 2.38. The third-order valence-corrected chi connectivity index (χ3v) is 4.01. The van der Waals surface area contributed by atoms with Crippen LogP contribution in [-0.2, 0) is 0 Å². The second-order valence-electron chi connectivity index (χ2n) is 6.46. The van der Waals surface area contributed by atoms with Crippen molar-refractivity contribution < 1.29 is 0 Å². The highest BCUT2D eigenvalue weighted by molar-refractivity contribution is 5.48. The lowest BCUT2D eigenvalue weighted by atomic mass is 10.2. The number of piperazine rings is 1. The molecular weight excluding hydrogens is 250 g/mol. The zero-order chi connectivity index (χ0) is 14.1. The molecule has 1 aromatic heterocycles. The number of nitrogens with two attached hydrogens (primary N) is 1. The molecule has 0 unspecified atom stereocenters. The van der Waals surface area contributed by atoms with E-state index in [1.54, 1.807) is 0 Å². The Balaban J connectivity index is 1.65. The SMILES string of the molecule is CC(C)CN1CCN(c2cc(N)nc(C3CC3)n2)CC1. The molecule has 5 heteroatoms. The molecule has 0 bridgehead atoms. The zero-order valence-electron chi connectivity index (χ0n) is 12.5. The van der Waals surface area contributed by atoms with Crippen molar-refractivity contribution in [2.45, 2.75) is 32.6 Å². The molecule has 0 atom stereocenters. The van der Waals surface area contributed by atoms with Crippen LogP contribution in [0, 0.1) is 5.92 Å². The Morgan fingerprint density at radius 1 is 1.20 bits per heavy atom. The fraction of sp³-hybridized carbons (Fsp3) is 0.733. The van der Waals surface area contributed by atoms with Crippen LogP contribution in [0.4, 0.5) is 11.6 Å². The first-order chi connectivity index (χ1) is 9.61. The van der Waals surface area contributed by atoms with Gasteiger partial charge in [-0.05, 0) is 18.8 Å². The highest BCUT2D eigenvalue weighted by atomic mass is 15.3. The van der Waals surface area contributed by atoms with Crippen LogP contribution in [0.3, 0.4) is 0 Å². The lowest BCUT2D eigenvalue weighted by Gasteiger charge is -2.36. The van der Waals surface area contributed by atoms with Crippen LogP contribution >= 0.6 is 0 Å². The van der Waals surface area contributed by atoms with E-state index < -0.39 is 0 Å². The van der Waals surface area contributed by atoms with Gasteiger partial charge >= 0.3 is 0 Å². The van der Waals surface area contributed by atoms with Gasteiger partial charge in [0.2, 0.25) is 0 Å². The van der Waals surface area contributed by atoms with Crippen LogP contribution in [0.2, 0.25) is 0 Å². The summed E-state index contributed by atoms with van der Waals surface area (Å²) in [6, 6.07) is 1.92. The molecule has 1 aromatic rings. The third-order valence-electron chi connectivity index (χ3n) is 4.01. The summed E-state index contributed by atoms with van der Waals surface area (Å²) in [6.07, 6.45) is 2.43. The molecule has 0 aromatic carbocycles. The lowest BCUT2D eigenvalue weighted by Crippen LogP contribution is -2.47. The van der Waals surface area contributed by atoms with Crippen molar-refractivity contribution in [2.24, 2.45) is 5.92 Å². The van der Waals surface area contributed by atoms with Crippen LogP contribution in [0.1, 0.15) is 38.4 Å². The van der Waals surface area contributed by atoms with Gasteiger partial charge in [0.05, 0.1) is 0 Å². The zero-order valence-corrected chi connectivity index (χ0v) is 12.5. The van der Waals surface area contributed by atoms with Crippen LogP contribution in [0.5, 0.6) is 0 Å². The third kappa shape index (κ3) is 3.20. The molecule has 1 aliphatic carbocycles. The van der Waals surface area contributed by atoms with Gasteiger partial charge in [-0.25, -0.2) is 9.97 Å². The number of nitrogens with zero attached hydrogens (tertiary/aromatic N) is 4. The van der Waals surface area contributed by atoms with E-state index >= 15 is 0 Å². The van der Waals surface area contributed by atoms with Crippen molar-refractivity contribution >= 4 is 11.6 Å². The van der Waals surface area contributed by atoms with Crippen LogP contribution < -0.4 is 10.6 Å². The monoisotopic (exact) mass is 275 g/mol. The van der Waals surface area contributed by atoms with Crippen LogP contribution in [0.15, 0.2) is 6.07 Å². The molecule has 2 N–H and O–H groups in total. The molecule has 0 amide bonds. The maximum atomic E-state index is 5.94. The quantitative estimate of drug-likeness (QED) is 0.906. The summed E-state index contributed by atoms with van der Waals surface area (Å²) in [5.41, 5.74) is 5.94. The number of hydrogen-bond donors (Lipinski definition) is 1. The summed E-state index contributed by atoms with van der Waals surface area (Å²) in [4.78, 5) is 14.0. The van der Waals surface area contributed by atoms with E-state index in [2.05, 4.69) is 28.6 Å². The van der Waals surface area contributed by atoms with E-state index in [0.29, 0.717) is 11.7 Å². The molecule has 1 saturated heterocycles. The number of anilines is 2. The largest absolute Gasteiger partial charge is 0.384 e. The number of rotatable bonds is 4. The molecule has 0 spiro atoms. The number of hydrogen-bond acceptors (Lipinski definition) is 5. The van der Waals surface area contributed by atoms with Crippen molar-refractivity contribution in [3.05, 3.63) is 11.9 Å². The van der Waals surface area contributed by atoms with E-state index in [1.807, 2.05) is 6.07 Å². The summed E-state index contributed by atoms with van der Waals surface area (Å²) in [7, 11) is 0. The predicted octanol–water partition coefficient (Wildman–Crippen LogP) is 1.71. The average molecular weight is 275 g/mol. The summed E-state index contributed by atoms with van der Waals surface area (Å²) in [5, 5.41) is 0. The summed E-state index contributed by atoms with van der Waals surface area (Å²) < 4.78 is 0.